The Balaban J connectivity index is 1.74. The number of halogens is 1. The molecule has 0 bridgehead atoms. The average Bonchev–Trinajstić information content (AvgIpc) is 2.77. The molecule has 1 heterocycles. The molecule has 1 aliphatic rings. The van der Waals surface area contributed by atoms with Gasteiger partial charge < -0.3 is 14.8 Å². The van der Waals surface area contributed by atoms with Crippen LogP contribution in [0.1, 0.15) is 41.2 Å². The number of ketones is 1. The second-order valence-corrected chi connectivity index (χ2v) is 7.72. The van der Waals surface area contributed by atoms with E-state index < -0.39 is 0 Å². The van der Waals surface area contributed by atoms with E-state index in [1.54, 1.807) is 38.5 Å². The molecule has 6 heteroatoms. The Hall–Kier alpha value is -2.08. The molecule has 0 spiro atoms. The van der Waals surface area contributed by atoms with Crippen LogP contribution in [-0.4, -0.2) is 51.1 Å². The maximum absolute atomic E-state index is 12.5. The summed E-state index contributed by atoms with van der Waals surface area (Å²) in [6.45, 7) is 3.01. The van der Waals surface area contributed by atoms with E-state index in [4.69, 9.17) is 21.1 Å². The largest absolute Gasteiger partial charge is 0.497 e. The third kappa shape index (κ3) is 5.72. The van der Waals surface area contributed by atoms with Crippen molar-refractivity contribution < 1.29 is 14.3 Å². The van der Waals surface area contributed by atoms with Gasteiger partial charge in [-0.05, 0) is 68.4 Å². The zero-order chi connectivity index (χ0) is 20.6. The molecular weight excluding hydrogens is 388 g/mol. The number of benzene rings is 2. The van der Waals surface area contributed by atoms with Crippen LogP contribution in [0.3, 0.4) is 0 Å². The fourth-order valence-electron chi connectivity index (χ4n) is 3.83. The predicted molar refractivity (Wildman–Crippen MR) is 116 cm³/mol. The van der Waals surface area contributed by atoms with Gasteiger partial charge in [0.15, 0.2) is 5.78 Å². The van der Waals surface area contributed by atoms with Gasteiger partial charge in [0, 0.05) is 22.7 Å². The lowest BCUT2D eigenvalue weighted by Crippen LogP contribution is -2.40. The first-order chi connectivity index (χ1) is 14.1. The SMILES string of the molecule is COc1ccc(OC)c(C(CNCC(=O)c2ccc(Cl)cc2)N2CCCCC2)c1. The van der Waals surface area contributed by atoms with Crippen LogP contribution in [0.5, 0.6) is 11.5 Å². The fraction of sp³-hybridized carbons (Fsp3) is 0.435. The highest BCUT2D eigenvalue weighted by atomic mass is 35.5. The molecule has 2 aromatic carbocycles. The smallest absolute Gasteiger partial charge is 0.176 e. The number of hydrogen-bond acceptors (Lipinski definition) is 5. The first kappa shape index (κ1) is 21.6. The van der Waals surface area contributed by atoms with Crippen molar-refractivity contribution in [3.05, 3.63) is 58.6 Å². The number of carbonyl (C=O) groups is 1. The molecule has 1 atom stereocenters. The maximum atomic E-state index is 12.5. The van der Waals surface area contributed by atoms with Crippen LogP contribution in [0, 0.1) is 0 Å². The van der Waals surface area contributed by atoms with Gasteiger partial charge in [-0.15, -0.1) is 0 Å². The molecule has 1 saturated heterocycles. The van der Waals surface area contributed by atoms with Gasteiger partial charge in [0.25, 0.3) is 0 Å². The van der Waals surface area contributed by atoms with Crippen LogP contribution in [0.2, 0.25) is 5.02 Å². The van der Waals surface area contributed by atoms with E-state index >= 15 is 0 Å². The summed E-state index contributed by atoms with van der Waals surface area (Å²) in [5, 5.41) is 3.99. The van der Waals surface area contributed by atoms with Crippen molar-refractivity contribution in [2.45, 2.75) is 25.3 Å². The highest BCUT2D eigenvalue weighted by molar-refractivity contribution is 6.30. The minimum atomic E-state index is 0.0525. The molecule has 1 aliphatic heterocycles. The molecule has 0 aliphatic carbocycles. The Morgan fingerprint density at radius 2 is 1.79 bits per heavy atom. The van der Waals surface area contributed by atoms with Crippen molar-refractivity contribution in [1.82, 2.24) is 10.2 Å². The van der Waals surface area contributed by atoms with Crippen molar-refractivity contribution in [2.75, 3.05) is 40.4 Å². The third-order valence-corrected chi connectivity index (χ3v) is 5.67. The molecule has 5 nitrogen and oxygen atoms in total. The zero-order valence-electron chi connectivity index (χ0n) is 17.1. The minimum Gasteiger partial charge on any atom is -0.497 e. The quantitative estimate of drug-likeness (QED) is 0.615. The Bertz CT molecular complexity index is 804. The van der Waals surface area contributed by atoms with Gasteiger partial charge in [-0.2, -0.15) is 0 Å². The van der Waals surface area contributed by atoms with Gasteiger partial charge in [-0.1, -0.05) is 18.0 Å². The molecule has 0 aromatic heterocycles. The molecule has 0 amide bonds. The Morgan fingerprint density at radius 3 is 2.45 bits per heavy atom. The highest BCUT2D eigenvalue weighted by Crippen LogP contribution is 2.33. The lowest BCUT2D eigenvalue weighted by molar-refractivity contribution is 0.0983. The predicted octanol–water partition coefficient (Wildman–Crippen LogP) is 4.36. The van der Waals surface area contributed by atoms with Crippen LogP contribution in [0.25, 0.3) is 0 Å². The Labute approximate surface area is 177 Å². The fourth-order valence-corrected chi connectivity index (χ4v) is 3.95. The number of Topliss-reactive ketones (excluding diaryl/α,β-unsaturated/α-hetero) is 1. The maximum Gasteiger partial charge on any atom is 0.176 e. The van der Waals surface area contributed by atoms with Crippen LogP contribution in [0.4, 0.5) is 0 Å². The van der Waals surface area contributed by atoms with Gasteiger partial charge in [0.2, 0.25) is 0 Å². The van der Waals surface area contributed by atoms with E-state index in [0.29, 0.717) is 17.1 Å². The Kier molecular flexibility index (Phi) is 7.92. The summed E-state index contributed by atoms with van der Waals surface area (Å²) in [7, 11) is 3.36. The van der Waals surface area contributed by atoms with E-state index in [9.17, 15) is 4.79 Å². The monoisotopic (exact) mass is 416 g/mol. The minimum absolute atomic E-state index is 0.0525. The van der Waals surface area contributed by atoms with Gasteiger partial charge in [0.05, 0.1) is 26.8 Å². The molecule has 1 unspecified atom stereocenters. The molecule has 1 N–H and O–H groups in total. The molecule has 156 valence electrons. The summed E-state index contributed by atoms with van der Waals surface area (Å²) in [4.78, 5) is 15.0. The molecule has 0 saturated carbocycles. The Morgan fingerprint density at radius 1 is 1.07 bits per heavy atom. The number of likely N-dealkylation sites (tertiary alicyclic amines) is 1. The lowest BCUT2D eigenvalue weighted by atomic mass is 10.00. The molecular formula is C23H29ClN2O3. The van der Waals surface area contributed by atoms with E-state index in [1.165, 1.54) is 19.3 Å². The number of carbonyl (C=O) groups excluding carboxylic acids is 1. The second kappa shape index (κ2) is 10.6. The molecule has 0 radical (unpaired) electrons. The van der Waals surface area contributed by atoms with Crippen LogP contribution in [0.15, 0.2) is 42.5 Å². The zero-order valence-corrected chi connectivity index (χ0v) is 17.9. The number of nitrogens with one attached hydrogen (secondary N) is 1. The van der Waals surface area contributed by atoms with Gasteiger partial charge in [0.1, 0.15) is 11.5 Å². The topological polar surface area (TPSA) is 50.8 Å². The van der Waals surface area contributed by atoms with Gasteiger partial charge >= 0.3 is 0 Å². The van der Waals surface area contributed by atoms with Crippen molar-refractivity contribution in [1.29, 1.82) is 0 Å². The lowest BCUT2D eigenvalue weighted by Gasteiger charge is -2.35. The number of ether oxygens (including phenoxy) is 2. The second-order valence-electron chi connectivity index (χ2n) is 7.28. The summed E-state index contributed by atoms with van der Waals surface area (Å²) >= 11 is 5.91. The van der Waals surface area contributed by atoms with Gasteiger partial charge in [-0.25, -0.2) is 0 Å². The summed E-state index contributed by atoms with van der Waals surface area (Å²) in [5.41, 5.74) is 1.75. The first-order valence-corrected chi connectivity index (χ1v) is 10.5. The number of rotatable bonds is 9. The summed E-state index contributed by atoms with van der Waals surface area (Å²) in [6, 6.07) is 13.0. The number of piperidine rings is 1. The number of nitrogens with zero attached hydrogens (tertiary/aromatic N) is 1. The molecule has 29 heavy (non-hydrogen) atoms. The molecule has 2 aromatic rings. The summed E-state index contributed by atoms with van der Waals surface area (Å²) < 4.78 is 11.1. The normalized spacial score (nSPS) is 15.7. The number of hydrogen-bond donors (Lipinski definition) is 1. The molecule has 1 fully saturated rings. The van der Waals surface area contributed by atoms with Gasteiger partial charge in [-0.3, -0.25) is 9.69 Å². The molecule has 3 rings (SSSR count). The van der Waals surface area contributed by atoms with Crippen LogP contribution < -0.4 is 14.8 Å². The third-order valence-electron chi connectivity index (χ3n) is 5.42. The van der Waals surface area contributed by atoms with E-state index in [1.807, 2.05) is 18.2 Å². The summed E-state index contributed by atoms with van der Waals surface area (Å²) in [5.74, 6) is 1.70. The van der Waals surface area contributed by atoms with Crippen molar-refractivity contribution in [2.24, 2.45) is 0 Å². The van der Waals surface area contributed by atoms with E-state index in [0.717, 1.165) is 30.2 Å². The average molecular weight is 417 g/mol. The van der Waals surface area contributed by atoms with Crippen molar-refractivity contribution in [3.8, 4) is 11.5 Å². The van der Waals surface area contributed by atoms with Crippen LogP contribution in [-0.2, 0) is 0 Å². The first-order valence-electron chi connectivity index (χ1n) is 10.1. The van der Waals surface area contributed by atoms with E-state index in [-0.39, 0.29) is 18.4 Å². The summed E-state index contributed by atoms with van der Waals surface area (Å²) in [6.07, 6.45) is 3.64. The highest BCUT2D eigenvalue weighted by Gasteiger charge is 2.25. The number of methoxy groups -OCH3 is 2. The van der Waals surface area contributed by atoms with E-state index in [2.05, 4.69) is 10.2 Å². The van der Waals surface area contributed by atoms with Crippen LogP contribution >= 0.6 is 11.6 Å². The standard InChI is InChI=1S/C23H29ClN2O3/c1-28-19-10-11-23(29-2)20(14-19)21(26-12-4-3-5-13-26)15-25-16-22(27)17-6-8-18(24)9-7-17/h6-11,14,21,25H,3-5,12-13,15-16H2,1-2H3. The van der Waals surface area contributed by atoms with Crippen molar-refractivity contribution >= 4 is 17.4 Å². The van der Waals surface area contributed by atoms with Crippen molar-refractivity contribution in [3.63, 3.8) is 0 Å².